The van der Waals surface area contributed by atoms with Crippen molar-refractivity contribution in [3.05, 3.63) is 46.1 Å². The highest BCUT2D eigenvalue weighted by atomic mass is 35.5. The number of anilines is 2. The number of hydrogen-bond acceptors (Lipinski definition) is 7. The maximum absolute atomic E-state index is 12.3. The number of aryl methyl sites for hydroxylation is 1. The van der Waals surface area contributed by atoms with Gasteiger partial charge in [0.05, 0.1) is 16.2 Å². The molecule has 8 nitrogen and oxygen atoms in total. The number of ether oxygens (including phenoxy) is 1. The lowest BCUT2D eigenvalue weighted by molar-refractivity contribution is -0.118. The number of amides is 1. The Balaban J connectivity index is 1.42. The summed E-state index contributed by atoms with van der Waals surface area (Å²) in [6, 6.07) is 8.99. The molecular formula is C23H26Cl2N6O2. The lowest BCUT2D eigenvalue weighted by Gasteiger charge is -2.35. The minimum absolute atomic E-state index is 0.210. The Morgan fingerprint density at radius 1 is 1.15 bits per heavy atom. The number of benzene rings is 1. The van der Waals surface area contributed by atoms with Crippen LogP contribution in [-0.4, -0.2) is 65.6 Å². The molecule has 0 radical (unpaired) electrons. The maximum Gasteiger partial charge on any atom is 0.263 e. The van der Waals surface area contributed by atoms with Gasteiger partial charge in [-0.1, -0.05) is 23.2 Å². The number of fused-ring (bicyclic) bond motifs is 1. The van der Waals surface area contributed by atoms with Gasteiger partial charge in [-0.2, -0.15) is 0 Å². The highest BCUT2D eigenvalue weighted by molar-refractivity contribution is 6.35. The monoisotopic (exact) mass is 488 g/mol. The molecule has 174 valence electrons. The largest absolute Gasteiger partial charge is 0.482 e. The van der Waals surface area contributed by atoms with Crippen LogP contribution in [0.15, 0.2) is 30.3 Å². The molecule has 1 fully saturated rings. The van der Waals surface area contributed by atoms with Crippen LogP contribution in [0.3, 0.4) is 0 Å². The Hall–Kier alpha value is -2.68. The van der Waals surface area contributed by atoms with E-state index in [0.29, 0.717) is 33.2 Å². The van der Waals surface area contributed by atoms with Gasteiger partial charge < -0.3 is 19.9 Å². The lowest BCUT2D eigenvalue weighted by Crippen LogP contribution is -2.42. The average Bonchev–Trinajstić information content (AvgIpc) is 2.79. The molecule has 2 aromatic heterocycles. The predicted molar refractivity (Wildman–Crippen MR) is 132 cm³/mol. The number of pyridine rings is 1. The van der Waals surface area contributed by atoms with Crippen LogP contribution in [-0.2, 0) is 4.79 Å². The molecule has 4 rings (SSSR count). The minimum Gasteiger partial charge on any atom is -0.482 e. The van der Waals surface area contributed by atoms with Gasteiger partial charge >= 0.3 is 0 Å². The van der Waals surface area contributed by atoms with E-state index >= 15 is 0 Å². The average molecular weight is 489 g/mol. The van der Waals surface area contributed by atoms with Gasteiger partial charge in [-0.3, -0.25) is 4.79 Å². The van der Waals surface area contributed by atoms with E-state index in [9.17, 15) is 4.79 Å². The normalized spacial score (nSPS) is 14.7. The zero-order chi connectivity index (χ0) is 23.5. The van der Waals surface area contributed by atoms with Crippen LogP contribution in [0.25, 0.3) is 11.0 Å². The maximum atomic E-state index is 12.3. The second-order valence-electron chi connectivity index (χ2n) is 8.27. The van der Waals surface area contributed by atoms with Crippen molar-refractivity contribution in [1.29, 1.82) is 0 Å². The van der Waals surface area contributed by atoms with Crippen LogP contribution < -0.4 is 15.0 Å². The molecule has 3 heterocycles. The van der Waals surface area contributed by atoms with E-state index in [-0.39, 0.29) is 12.5 Å². The van der Waals surface area contributed by atoms with Crippen LogP contribution >= 0.6 is 23.2 Å². The summed E-state index contributed by atoms with van der Waals surface area (Å²) >= 11 is 11.9. The molecule has 10 heteroatoms. The highest BCUT2D eigenvalue weighted by Gasteiger charge is 2.23. The van der Waals surface area contributed by atoms with Gasteiger partial charge in [-0.05, 0) is 64.2 Å². The fraction of sp³-hybridized carbons (Fsp3) is 0.391. The molecule has 1 amide bonds. The first kappa shape index (κ1) is 23.5. The molecule has 1 aromatic carbocycles. The molecular weight excluding hydrogens is 463 g/mol. The van der Waals surface area contributed by atoms with E-state index in [1.165, 1.54) is 0 Å². The van der Waals surface area contributed by atoms with Crippen molar-refractivity contribution in [1.82, 2.24) is 19.9 Å². The molecule has 1 N–H and O–H groups in total. The number of aromatic nitrogens is 3. The SMILES string of the molecule is Cc1nc(N2CCC(N(C)C)CC2)nc2ccc(NC(=O)COc3ccc(Cl)cc3Cl)nc12. The van der Waals surface area contributed by atoms with Gasteiger partial charge in [-0.15, -0.1) is 0 Å². The second-order valence-corrected chi connectivity index (χ2v) is 9.11. The molecule has 0 spiro atoms. The smallest absolute Gasteiger partial charge is 0.263 e. The van der Waals surface area contributed by atoms with E-state index < -0.39 is 0 Å². The Morgan fingerprint density at radius 3 is 2.61 bits per heavy atom. The molecule has 1 aliphatic heterocycles. The van der Waals surface area contributed by atoms with Crippen LogP contribution in [0.2, 0.25) is 10.0 Å². The molecule has 0 unspecified atom stereocenters. The van der Waals surface area contributed by atoms with Crippen molar-refractivity contribution in [3.63, 3.8) is 0 Å². The first-order valence-electron chi connectivity index (χ1n) is 10.7. The third-order valence-electron chi connectivity index (χ3n) is 5.70. The predicted octanol–water partition coefficient (Wildman–Crippen LogP) is 4.19. The summed E-state index contributed by atoms with van der Waals surface area (Å²) in [4.78, 5) is 30.8. The summed E-state index contributed by atoms with van der Waals surface area (Å²) in [5.74, 6) is 1.16. The topological polar surface area (TPSA) is 83.5 Å². The zero-order valence-electron chi connectivity index (χ0n) is 18.8. The zero-order valence-corrected chi connectivity index (χ0v) is 20.3. The Labute approximate surface area is 202 Å². The van der Waals surface area contributed by atoms with Gasteiger partial charge in [0.25, 0.3) is 5.91 Å². The van der Waals surface area contributed by atoms with Gasteiger partial charge in [0.2, 0.25) is 5.95 Å². The van der Waals surface area contributed by atoms with Crippen molar-refractivity contribution >= 4 is 51.9 Å². The van der Waals surface area contributed by atoms with E-state index in [1.54, 1.807) is 24.3 Å². The third-order valence-corrected chi connectivity index (χ3v) is 6.23. The van der Waals surface area contributed by atoms with Crippen molar-refractivity contribution < 1.29 is 9.53 Å². The Morgan fingerprint density at radius 2 is 1.91 bits per heavy atom. The first-order valence-corrected chi connectivity index (χ1v) is 11.5. The number of hydrogen-bond donors (Lipinski definition) is 1. The molecule has 1 aliphatic rings. The van der Waals surface area contributed by atoms with Crippen LogP contribution in [0.4, 0.5) is 11.8 Å². The number of carbonyl (C=O) groups excluding carboxylic acids is 1. The summed E-state index contributed by atoms with van der Waals surface area (Å²) in [6.07, 6.45) is 2.17. The minimum atomic E-state index is -0.355. The van der Waals surface area contributed by atoms with Gasteiger partial charge in [0.15, 0.2) is 6.61 Å². The van der Waals surface area contributed by atoms with Crippen LogP contribution in [0.5, 0.6) is 5.75 Å². The summed E-state index contributed by atoms with van der Waals surface area (Å²) in [5.41, 5.74) is 2.17. The second kappa shape index (κ2) is 10.1. The fourth-order valence-corrected chi connectivity index (χ4v) is 4.31. The summed E-state index contributed by atoms with van der Waals surface area (Å²) < 4.78 is 5.48. The Kier molecular flexibility index (Phi) is 7.17. The van der Waals surface area contributed by atoms with E-state index in [1.807, 2.05) is 13.0 Å². The summed E-state index contributed by atoms with van der Waals surface area (Å²) in [6.45, 7) is 3.54. The van der Waals surface area contributed by atoms with Gasteiger partial charge in [0, 0.05) is 24.2 Å². The van der Waals surface area contributed by atoms with Crippen molar-refractivity contribution in [2.45, 2.75) is 25.8 Å². The number of rotatable bonds is 6. The molecule has 0 aliphatic carbocycles. The Bertz CT molecular complexity index is 1170. The van der Waals surface area contributed by atoms with Crippen molar-refractivity contribution in [2.75, 3.05) is 44.0 Å². The quantitative estimate of drug-likeness (QED) is 0.556. The van der Waals surface area contributed by atoms with Gasteiger partial charge in [-0.25, -0.2) is 15.0 Å². The van der Waals surface area contributed by atoms with Crippen LogP contribution in [0, 0.1) is 6.92 Å². The molecule has 0 bridgehead atoms. The van der Waals surface area contributed by atoms with Crippen molar-refractivity contribution in [3.8, 4) is 5.75 Å². The van der Waals surface area contributed by atoms with Gasteiger partial charge in [0.1, 0.15) is 17.1 Å². The molecule has 3 aromatic rings. The highest BCUT2D eigenvalue weighted by Crippen LogP contribution is 2.27. The molecule has 0 saturated carbocycles. The van der Waals surface area contributed by atoms with Crippen molar-refractivity contribution in [2.24, 2.45) is 0 Å². The molecule has 0 atom stereocenters. The standard InChI is InChI=1S/C23H26Cl2N6O2/c1-14-22-18(27-23(26-14)31-10-8-16(9-11-31)30(2)3)5-7-20(29-22)28-21(32)13-33-19-6-4-15(24)12-17(19)25/h4-7,12,16H,8-11,13H2,1-3H3,(H,28,29,32). The third kappa shape index (κ3) is 5.63. The van der Waals surface area contributed by atoms with E-state index in [0.717, 1.165) is 43.1 Å². The van der Waals surface area contributed by atoms with Crippen LogP contribution in [0.1, 0.15) is 18.5 Å². The lowest BCUT2D eigenvalue weighted by atomic mass is 10.0. The summed E-state index contributed by atoms with van der Waals surface area (Å²) in [5, 5.41) is 3.58. The number of nitrogens with zero attached hydrogens (tertiary/aromatic N) is 5. The number of carbonyl (C=O) groups is 1. The number of halogens is 2. The molecule has 1 saturated heterocycles. The number of piperidine rings is 1. The van der Waals surface area contributed by atoms with E-state index in [2.05, 4.69) is 39.2 Å². The van der Waals surface area contributed by atoms with E-state index in [4.69, 9.17) is 32.9 Å². The summed E-state index contributed by atoms with van der Waals surface area (Å²) in [7, 11) is 4.25. The molecule has 33 heavy (non-hydrogen) atoms. The first-order chi connectivity index (χ1) is 15.8. The fourth-order valence-electron chi connectivity index (χ4n) is 3.85. The number of nitrogens with one attached hydrogen (secondary N) is 1.